The molecule has 2 heterocycles. The molecule has 0 aliphatic heterocycles. The number of benzene rings is 2. The molecule has 0 spiro atoms. The minimum Gasteiger partial charge on any atom is -0.497 e. The van der Waals surface area contributed by atoms with Crippen molar-refractivity contribution in [2.24, 2.45) is 0 Å². The maximum absolute atomic E-state index is 13.2. The fraction of sp³-hybridized carbons (Fsp3) is 0.174. The van der Waals surface area contributed by atoms with E-state index in [2.05, 4.69) is 5.32 Å². The van der Waals surface area contributed by atoms with E-state index in [-0.39, 0.29) is 19.0 Å². The largest absolute Gasteiger partial charge is 0.497 e. The lowest BCUT2D eigenvalue weighted by atomic mass is 10.2. The van der Waals surface area contributed by atoms with Gasteiger partial charge in [-0.3, -0.25) is 18.7 Å². The van der Waals surface area contributed by atoms with Gasteiger partial charge in [-0.1, -0.05) is 41.9 Å². The van der Waals surface area contributed by atoms with Gasteiger partial charge in [0.1, 0.15) is 17.0 Å². The SMILES string of the molecule is COc1ccc(CNC(=O)Cn2c(=O)n(Cc3ccccc3Cl)c(=O)c3sccc32)cc1. The molecule has 0 saturated carbocycles. The summed E-state index contributed by atoms with van der Waals surface area (Å²) < 4.78 is 8.00. The molecule has 9 heteroatoms. The van der Waals surface area contributed by atoms with Crippen LogP contribution in [0.2, 0.25) is 5.02 Å². The highest BCUT2D eigenvalue weighted by Crippen LogP contribution is 2.18. The normalized spacial score (nSPS) is 10.9. The molecule has 1 amide bonds. The predicted octanol–water partition coefficient (Wildman–Crippen LogP) is 3.25. The molecule has 2 aromatic carbocycles. The van der Waals surface area contributed by atoms with Crippen LogP contribution in [0.3, 0.4) is 0 Å². The Balaban J connectivity index is 1.61. The molecule has 0 atom stereocenters. The molecular formula is C23H20ClN3O4S. The van der Waals surface area contributed by atoms with Crippen LogP contribution in [0.1, 0.15) is 11.1 Å². The van der Waals surface area contributed by atoms with E-state index in [9.17, 15) is 14.4 Å². The zero-order chi connectivity index (χ0) is 22.7. The van der Waals surface area contributed by atoms with Gasteiger partial charge in [0.25, 0.3) is 5.56 Å². The van der Waals surface area contributed by atoms with Crippen LogP contribution in [0.25, 0.3) is 10.2 Å². The van der Waals surface area contributed by atoms with Gasteiger partial charge in [-0.05, 0) is 40.8 Å². The Hall–Kier alpha value is -3.36. The Kier molecular flexibility index (Phi) is 6.43. The summed E-state index contributed by atoms with van der Waals surface area (Å²) in [6.07, 6.45) is 0. The van der Waals surface area contributed by atoms with E-state index >= 15 is 0 Å². The molecular weight excluding hydrogens is 450 g/mol. The van der Waals surface area contributed by atoms with Crippen molar-refractivity contribution in [1.29, 1.82) is 0 Å². The van der Waals surface area contributed by atoms with Gasteiger partial charge >= 0.3 is 5.69 Å². The molecule has 0 saturated heterocycles. The third kappa shape index (κ3) is 4.46. The summed E-state index contributed by atoms with van der Waals surface area (Å²) in [5.41, 5.74) is 1.05. The van der Waals surface area contributed by atoms with Crippen LogP contribution in [0.15, 0.2) is 69.6 Å². The van der Waals surface area contributed by atoms with Crippen molar-refractivity contribution in [2.45, 2.75) is 19.6 Å². The van der Waals surface area contributed by atoms with Crippen molar-refractivity contribution in [2.75, 3.05) is 7.11 Å². The third-order valence-electron chi connectivity index (χ3n) is 5.07. The number of ether oxygens (including phenoxy) is 1. The number of methoxy groups -OCH3 is 1. The number of halogens is 1. The smallest absolute Gasteiger partial charge is 0.332 e. The molecule has 0 bridgehead atoms. The van der Waals surface area contributed by atoms with Gasteiger partial charge < -0.3 is 10.1 Å². The summed E-state index contributed by atoms with van der Waals surface area (Å²) >= 11 is 7.46. The summed E-state index contributed by atoms with van der Waals surface area (Å²) in [4.78, 5) is 38.8. The van der Waals surface area contributed by atoms with Crippen molar-refractivity contribution >= 4 is 39.1 Å². The van der Waals surface area contributed by atoms with E-state index in [0.29, 0.717) is 27.3 Å². The highest BCUT2D eigenvalue weighted by atomic mass is 35.5. The van der Waals surface area contributed by atoms with Crippen molar-refractivity contribution in [1.82, 2.24) is 14.5 Å². The number of thiophene rings is 1. The summed E-state index contributed by atoms with van der Waals surface area (Å²) in [7, 11) is 1.59. The number of rotatable bonds is 7. The van der Waals surface area contributed by atoms with Crippen molar-refractivity contribution in [3.8, 4) is 5.75 Å². The first-order valence-electron chi connectivity index (χ1n) is 9.82. The first-order chi connectivity index (χ1) is 15.5. The summed E-state index contributed by atoms with van der Waals surface area (Å²) in [5.74, 6) is 0.394. The molecule has 0 aliphatic carbocycles. The van der Waals surface area contributed by atoms with Crippen LogP contribution in [-0.2, 0) is 24.4 Å². The molecule has 4 aromatic rings. The second-order valence-corrected chi connectivity index (χ2v) is 8.43. The Labute approximate surface area is 192 Å². The lowest BCUT2D eigenvalue weighted by Crippen LogP contribution is -2.42. The zero-order valence-electron chi connectivity index (χ0n) is 17.2. The molecule has 7 nitrogen and oxygen atoms in total. The summed E-state index contributed by atoms with van der Waals surface area (Å²) in [6.45, 7) is 0.132. The molecule has 164 valence electrons. The fourth-order valence-corrected chi connectivity index (χ4v) is 4.40. The molecule has 4 rings (SSSR count). The number of hydrogen-bond donors (Lipinski definition) is 1. The van der Waals surface area contributed by atoms with Crippen LogP contribution in [0.4, 0.5) is 0 Å². The number of nitrogens with zero attached hydrogens (tertiary/aromatic N) is 2. The number of fused-ring (bicyclic) bond motifs is 1. The molecule has 0 fully saturated rings. The van der Waals surface area contributed by atoms with E-state index in [1.54, 1.807) is 42.8 Å². The van der Waals surface area contributed by atoms with Gasteiger partial charge in [-0.2, -0.15) is 0 Å². The maximum Gasteiger partial charge on any atom is 0.332 e. The standard InChI is InChI=1S/C23H20ClN3O4S/c1-31-17-8-6-15(7-9-17)12-25-20(28)14-26-19-10-11-32-21(19)22(29)27(23(26)30)13-16-4-2-3-5-18(16)24/h2-11H,12-14H2,1H3,(H,25,28). The second-order valence-electron chi connectivity index (χ2n) is 7.11. The number of hydrogen-bond acceptors (Lipinski definition) is 5. The van der Waals surface area contributed by atoms with Gasteiger partial charge in [0.2, 0.25) is 5.91 Å². The van der Waals surface area contributed by atoms with Gasteiger partial charge in [0.05, 0.1) is 19.2 Å². The van der Waals surface area contributed by atoms with Crippen LogP contribution < -0.4 is 21.3 Å². The predicted molar refractivity (Wildman–Crippen MR) is 126 cm³/mol. The Bertz CT molecular complexity index is 1390. The topological polar surface area (TPSA) is 82.3 Å². The van der Waals surface area contributed by atoms with Gasteiger partial charge in [-0.15, -0.1) is 11.3 Å². The Morgan fingerprint density at radius 3 is 2.53 bits per heavy atom. The monoisotopic (exact) mass is 469 g/mol. The molecule has 0 radical (unpaired) electrons. The highest BCUT2D eigenvalue weighted by molar-refractivity contribution is 7.17. The lowest BCUT2D eigenvalue weighted by Gasteiger charge is -2.13. The van der Waals surface area contributed by atoms with Gasteiger partial charge in [0, 0.05) is 11.6 Å². The van der Waals surface area contributed by atoms with Crippen molar-refractivity contribution < 1.29 is 9.53 Å². The minimum absolute atomic E-state index is 0.0264. The summed E-state index contributed by atoms with van der Waals surface area (Å²) in [6, 6.07) is 16.0. The van der Waals surface area contributed by atoms with E-state index in [0.717, 1.165) is 15.9 Å². The van der Waals surface area contributed by atoms with Gasteiger partial charge in [-0.25, -0.2) is 4.79 Å². The Morgan fingerprint density at radius 2 is 1.81 bits per heavy atom. The van der Waals surface area contributed by atoms with E-state index in [4.69, 9.17) is 16.3 Å². The maximum atomic E-state index is 13.2. The van der Waals surface area contributed by atoms with Crippen molar-refractivity contribution in [3.63, 3.8) is 0 Å². The van der Waals surface area contributed by atoms with Gasteiger partial charge in [0.15, 0.2) is 0 Å². The number of carbonyl (C=O) groups is 1. The highest BCUT2D eigenvalue weighted by Gasteiger charge is 2.17. The zero-order valence-corrected chi connectivity index (χ0v) is 18.8. The van der Waals surface area contributed by atoms with Crippen LogP contribution in [-0.4, -0.2) is 22.2 Å². The van der Waals surface area contributed by atoms with Crippen LogP contribution >= 0.6 is 22.9 Å². The average Bonchev–Trinajstić information content (AvgIpc) is 3.30. The second kappa shape index (κ2) is 9.42. The third-order valence-corrected chi connectivity index (χ3v) is 6.33. The quantitative estimate of drug-likeness (QED) is 0.450. The number of carbonyl (C=O) groups excluding carboxylic acids is 1. The minimum atomic E-state index is -0.555. The van der Waals surface area contributed by atoms with Crippen LogP contribution in [0, 0.1) is 0 Å². The lowest BCUT2D eigenvalue weighted by molar-refractivity contribution is -0.121. The first kappa shape index (κ1) is 21.9. The van der Waals surface area contributed by atoms with Crippen LogP contribution in [0.5, 0.6) is 5.75 Å². The number of amides is 1. The van der Waals surface area contributed by atoms with Crippen molar-refractivity contribution in [3.05, 3.63) is 97.0 Å². The average molecular weight is 470 g/mol. The molecule has 0 unspecified atom stereocenters. The van der Waals surface area contributed by atoms with E-state index in [1.807, 2.05) is 24.3 Å². The number of aromatic nitrogens is 2. The molecule has 32 heavy (non-hydrogen) atoms. The molecule has 0 aliphatic rings. The Morgan fingerprint density at radius 1 is 1.06 bits per heavy atom. The molecule has 2 aromatic heterocycles. The fourth-order valence-electron chi connectivity index (χ4n) is 3.37. The number of nitrogens with one attached hydrogen (secondary N) is 1. The first-order valence-corrected chi connectivity index (χ1v) is 11.1. The van der Waals surface area contributed by atoms with E-state index in [1.165, 1.54) is 15.9 Å². The van der Waals surface area contributed by atoms with E-state index < -0.39 is 11.2 Å². The molecule has 1 N–H and O–H groups in total. The summed E-state index contributed by atoms with van der Waals surface area (Å²) in [5, 5.41) is 5.02.